The first kappa shape index (κ1) is 14.5. The maximum absolute atomic E-state index is 12.0. The highest BCUT2D eigenvalue weighted by Crippen LogP contribution is 2.24. The predicted octanol–water partition coefficient (Wildman–Crippen LogP) is -0.179. The zero-order chi connectivity index (χ0) is 13.8. The Labute approximate surface area is 119 Å². The van der Waals surface area contributed by atoms with Crippen molar-refractivity contribution < 1.29 is 14.6 Å². The largest absolute Gasteiger partial charge is 0.388 e. The number of nitrogen functional groups attached to an aromatic ring is 1. The van der Waals surface area contributed by atoms with E-state index in [1.165, 1.54) is 23.1 Å². The van der Waals surface area contributed by atoms with Gasteiger partial charge in [-0.3, -0.25) is 4.79 Å². The fourth-order valence-corrected chi connectivity index (χ4v) is 3.37. The van der Waals surface area contributed by atoms with Crippen LogP contribution in [0.4, 0.5) is 5.13 Å². The van der Waals surface area contributed by atoms with Gasteiger partial charge in [0.05, 0.1) is 11.9 Å². The quantitative estimate of drug-likeness (QED) is 0.728. The Hall–Kier alpha value is -0.900. The van der Waals surface area contributed by atoms with Crippen LogP contribution < -0.4 is 5.73 Å². The van der Waals surface area contributed by atoms with E-state index in [1.807, 2.05) is 6.92 Å². The van der Waals surface area contributed by atoms with Crippen LogP contribution in [0.15, 0.2) is 4.34 Å². The molecule has 1 amide bonds. The van der Waals surface area contributed by atoms with Gasteiger partial charge in [0.15, 0.2) is 4.34 Å². The number of rotatable bonds is 5. The molecule has 0 aromatic carbocycles. The standard InChI is InChI=1S/C10H16N4O3S2/c1-2-17-7-4-14(3-6(7)15)8(16)5-18-10-13-12-9(11)19-10/h6-7,15H,2-5H2,1H3,(H2,11,12)/t6-,7-/m1/s1. The number of hydrogen-bond acceptors (Lipinski definition) is 8. The molecule has 1 fully saturated rings. The molecule has 0 spiro atoms. The molecule has 2 rings (SSSR count). The number of aromatic nitrogens is 2. The molecule has 106 valence electrons. The van der Waals surface area contributed by atoms with Crippen molar-refractivity contribution in [1.29, 1.82) is 0 Å². The molecular formula is C10H16N4O3S2. The van der Waals surface area contributed by atoms with Gasteiger partial charge in [0.2, 0.25) is 11.0 Å². The number of aliphatic hydroxyl groups is 1. The van der Waals surface area contributed by atoms with Crippen LogP contribution in [0.3, 0.4) is 0 Å². The molecule has 1 aromatic rings. The van der Waals surface area contributed by atoms with Crippen LogP contribution in [0, 0.1) is 0 Å². The summed E-state index contributed by atoms with van der Waals surface area (Å²) >= 11 is 2.56. The number of ether oxygens (including phenoxy) is 1. The number of thioether (sulfide) groups is 1. The van der Waals surface area contributed by atoms with Crippen molar-refractivity contribution in [1.82, 2.24) is 15.1 Å². The molecule has 2 heterocycles. The topological polar surface area (TPSA) is 102 Å². The molecular weight excluding hydrogens is 288 g/mol. The minimum Gasteiger partial charge on any atom is -0.388 e. The van der Waals surface area contributed by atoms with Gasteiger partial charge in [-0.25, -0.2) is 0 Å². The number of aliphatic hydroxyl groups excluding tert-OH is 1. The first-order valence-corrected chi connectivity index (χ1v) is 7.69. The highest BCUT2D eigenvalue weighted by atomic mass is 32.2. The zero-order valence-electron chi connectivity index (χ0n) is 10.5. The first-order valence-electron chi connectivity index (χ1n) is 5.89. The van der Waals surface area contributed by atoms with E-state index < -0.39 is 6.10 Å². The van der Waals surface area contributed by atoms with E-state index in [0.717, 1.165) is 0 Å². The van der Waals surface area contributed by atoms with Gasteiger partial charge >= 0.3 is 0 Å². The fourth-order valence-electron chi connectivity index (χ4n) is 1.83. The normalized spacial score (nSPS) is 22.9. The van der Waals surface area contributed by atoms with Crippen LogP contribution in [0.1, 0.15) is 6.92 Å². The van der Waals surface area contributed by atoms with E-state index in [-0.39, 0.29) is 17.8 Å². The summed E-state index contributed by atoms with van der Waals surface area (Å²) in [6, 6.07) is 0. The molecule has 0 aliphatic carbocycles. The minimum absolute atomic E-state index is 0.0416. The van der Waals surface area contributed by atoms with Crippen LogP contribution in [-0.2, 0) is 9.53 Å². The molecule has 9 heteroatoms. The molecule has 1 saturated heterocycles. The van der Waals surface area contributed by atoms with E-state index in [1.54, 1.807) is 4.90 Å². The first-order chi connectivity index (χ1) is 9.10. The number of carbonyl (C=O) groups excluding carboxylic acids is 1. The third kappa shape index (κ3) is 3.78. The Morgan fingerprint density at radius 3 is 3.05 bits per heavy atom. The number of nitrogens with zero attached hydrogens (tertiary/aromatic N) is 3. The SMILES string of the molecule is CCO[C@@H]1CN(C(=O)CSc2nnc(N)s2)C[C@H]1O. The molecule has 3 N–H and O–H groups in total. The molecule has 1 aliphatic rings. The van der Waals surface area contributed by atoms with Gasteiger partial charge in [0.1, 0.15) is 6.10 Å². The Morgan fingerprint density at radius 2 is 2.42 bits per heavy atom. The number of hydrogen-bond donors (Lipinski definition) is 2. The lowest BCUT2D eigenvalue weighted by molar-refractivity contribution is -0.127. The Balaban J connectivity index is 1.81. The highest BCUT2D eigenvalue weighted by Gasteiger charge is 2.34. The number of β-amino-alcohol motifs (C(OH)–C–C–N with tert-alkyl or cyclic N) is 1. The van der Waals surface area contributed by atoms with E-state index in [4.69, 9.17) is 10.5 Å². The van der Waals surface area contributed by atoms with Gasteiger partial charge in [-0.05, 0) is 6.92 Å². The van der Waals surface area contributed by atoms with Crippen molar-refractivity contribution in [3.8, 4) is 0 Å². The average Bonchev–Trinajstić information content (AvgIpc) is 2.94. The lowest BCUT2D eigenvalue weighted by Crippen LogP contribution is -2.31. The van der Waals surface area contributed by atoms with Crippen molar-refractivity contribution in [3.05, 3.63) is 0 Å². The molecule has 1 aromatic heterocycles. The summed E-state index contributed by atoms with van der Waals surface area (Å²) in [5, 5.41) is 17.7. The molecule has 2 atom stereocenters. The van der Waals surface area contributed by atoms with Crippen molar-refractivity contribution in [3.63, 3.8) is 0 Å². The van der Waals surface area contributed by atoms with Gasteiger partial charge in [-0.2, -0.15) is 0 Å². The second-order valence-corrected chi connectivity index (χ2v) is 6.29. The molecule has 0 radical (unpaired) electrons. The maximum atomic E-state index is 12.0. The summed E-state index contributed by atoms with van der Waals surface area (Å²) in [4.78, 5) is 13.6. The summed E-state index contributed by atoms with van der Waals surface area (Å²) in [7, 11) is 0. The number of anilines is 1. The van der Waals surface area contributed by atoms with Crippen molar-refractivity contribution in [2.45, 2.75) is 23.5 Å². The summed E-state index contributed by atoms with van der Waals surface area (Å²) in [6.45, 7) is 3.16. The Morgan fingerprint density at radius 1 is 1.63 bits per heavy atom. The van der Waals surface area contributed by atoms with Crippen LogP contribution in [0.2, 0.25) is 0 Å². The molecule has 19 heavy (non-hydrogen) atoms. The number of nitrogens with two attached hydrogens (primary N) is 1. The van der Waals surface area contributed by atoms with Gasteiger partial charge in [0, 0.05) is 19.7 Å². The smallest absolute Gasteiger partial charge is 0.233 e. The molecule has 0 saturated carbocycles. The van der Waals surface area contributed by atoms with E-state index in [9.17, 15) is 9.90 Å². The van der Waals surface area contributed by atoms with E-state index in [2.05, 4.69) is 10.2 Å². The third-order valence-corrected chi connectivity index (χ3v) is 4.58. The average molecular weight is 304 g/mol. The number of amides is 1. The van der Waals surface area contributed by atoms with Gasteiger partial charge in [0.25, 0.3) is 0 Å². The Kier molecular flexibility index (Phi) is 4.97. The van der Waals surface area contributed by atoms with Gasteiger partial charge < -0.3 is 20.5 Å². The summed E-state index contributed by atoms with van der Waals surface area (Å²) in [5.74, 6) is 0.222. The lowest BCUT2D eigenvalue weighted by Gasteiger charge is -2.15. The fraction of sp³-hybridized carbons (Fsp3) is 0.700. The second kappa shape index (κ2) is 6.51. The second-order valence-electron chi connectivity index (χ2n) is 4.05. The molecule has 0 unspecified atom stereocenters. The van der Waals surface area contributed by atoms with E-state index in [0.29, 0.717) is 29.2 Å². The monoisotopic (exact) mass is 304 g/mol. The van der Waals surface area contributed by atoms with Crippen molar-refractivity contribution >= 4 is 34.1 Å². The summed E-state index contributed by atoms with van der Waals surface area (Å²) in [5.41, 5.74) is 5.46. The van der Waals surface area contributed by atoms with Gasteiger partial charge in [-0.1, -0.05) is 23.1 Å². The highest BCUT2D eigenvalue weighted by molar-refractivity contribution is 8.01. The summed E-state index contributed by atoms with van der Waals surface area (Å²) in [6.07, 6.45) is -0.887. The van der Waals surface area contributed by atoms with Crippen molar-refractivity contribution in [2.24, 2.45) is 0 Å². The maximum Gasteiger partial charge on any atom is 0.233 e. The number of carbonyl (C=O) groups is 1. The minimum atomic E-state index is -0.605. The zero-order valence-corrected chi connectivity index (χ0v) is 12.1. The Bertz CT molecular complexity index is 442. The third-order valence-electron chi connectivity index (χ3n) is 2.71. The van der Waals surface area contributed by atoms with Crippen LogP contribution in [-0.4, -0.2) is 63.8 Å². The summed E-state index contributed by atoms with van der Waals surface area (Å²) < 4.78 is 6.05. The molecule has 0 bridgehead atoms. The number of likely N-dealkylation sites (tertiary alicyclic amines) is 1. The van der Waals surface area contributed by atoms with Crippen LogP contribution >= 0.6 is 23.1 Å². The van der Waals surface area contributed by atoms with Crippen molar-refractivity contribution in [2.75, 3.05) is 31.2 Å². The van der Waals surface area contributed by atoms with E-state index >= 15 is 0 Å². The lowest BCUT2D eigenvalue weighted by atomic mass is 10.3. The van der Waals surface area contributed by atoms with Crippen LogP contribution in [0.5, 0.6) is 0 Å². The molecule has 1 aliphatic heterocycles. The molecule has 7 nitrogen and oxygen atoms in total. The van der Waals surface area contributed by atoms with Gasteiger partial charge in [-0.15, -0.1) is 10.2 Å². The van der Waals surface area contributed by atoms with Crippen LogP contribution in [0.25, 0.3) is 0 Å². The predicted molar refractivity (Wildman–Crippen MR) is 73.0 cm³/mol.